The first-order valence-corrected chi connectivity index (χ1v) is 7.09. The summed E-state index contributed by atoms with van der Waals surface area (Å²) < 4.78 is 44.9. The molecule has 3 N–H and O–H groups in total. The van der Waals surface area contributed by atoms with E-state index in [0.29, 0.717) is 0 Å². The highest BCUT2D eigenvalue weighted by Gasteiger charge is 2.24. The third-order valence-electron chi connectivity index (χ3n) is 2.72. The SMILES string of the molecule is Cc1noc(NS(=O)(=O)c2c(C)cc(F)c(N)c2C)n1. The lowest BCUT2D eigenvalue weighted by Crippen LogP contribution is -2.17. The Morgan fingerprint density at radius 1 is 1.35 bits per heavy atom. The van der Waals surface area contributed by atoms with Crippen LogP contribution in [0.2, 0.25) is 0 Å². The van der Waals surface area contributed by atoms with Crippen molar-refractivity contribution < 1.29 is 17.3 Å². The Morgan fingerprint density at radius 2 is 2.00 bits per heavy atom. The Balaban J connectivity index is 2.52. The first kappa shape index (κ1) is 14.3. The molecule has 0 fully saturated rings. The number of halogens is 1. The first-order valence-electron chi connectivity index (χ1n) is 5.60. The summed E-state index contributed by atoms with van der Waals surface area (Å²) in [5.74, 6) is -0.373. The molecule has 0 radical (unpaired) electrons. The van der Waals surface area contributed by atoms with E-state index in [1.54, 1.807) is 6.92 Å². The highest BCUT2D eigenvalue weighted by Crippen LogP contribution is 2.28. The van der Waals surface area contributed by atoms with Gasteiger partial charge in [0.25, 0.3) is 10.0 Å². The Labute approximate surface area is 115 Å². The fourth-order valence-corrected chi connectivity index (χ4v) is 3.26. The van der Waals surface area contributed by atoms with Gasteiger partial charge in [-0.1, -0.05) is 5.16 Å². The summed E-state index contributed by atoms with van der Waals surface area (Å²) in [6.45, 7) is 4.45. The normalized spacial score (nSPS) is 11.6. The van der Waals surface area contributed by atoms with Crippen LogP contribution in [-0.4, -0.2) is 18.6 Å². The van der Waals surface area contributed by atoms with E-state index in [1.807, 2.05) is 0 Å². The summed E-state index contributed by atoms with van der Waals surface area (Å²) in [5, 5.41) is 3.47. The minimum Gasteiger partial charge on any atom is -0.396 e. The standard InChI is InChI=1S/C11H13FN4O3S/c1-5-4-8(12)9(13)6(2)10(5)20(17,18)16-11-14-7(3)15-19-11/h4H,13H2,1-3H3,(H,14,15,16). The summed E-state index contributed by atoms with van der Waals surface area (Å²) >= 11 is 0. The second-order valence-corrected chi connectivity index (χ2v) is 5.91. The molecule has 2 aromatic rings. The molecular weight excluding hydrogens is 287 g/mol. The number of nitrogen functional groups attached to an aromatic ring is 1. The molecule has 20 heavy (non-hydrogen) atoms. The van der Waals surface area contributed by atoms with Crippen molar-refractivity contribution in [3.05, 3.63) is 28.8 Å². The van der Waals surface area contributed by atoms with Crippen molar-refractivity contribution in [1.29, 1.82) is 0 Å². The minimum absolute atomic E-state index is 0.104. The highest BCUT2D eigenvalue weighted by atomic mass is 32.2. The molecule has 1 aromatic heterocycles. The number of nitrogens with one attached hydrogen (secondary N) is 1. The molecule has 108 valence electrons. The summed E-state index contributed by atoms with van der Waals surface area (Å²) in [6, 6.07) is 0.805. The Kier molecular flexibility index (Phi) is 3.38. The maximum atomic E-state index is 13.5. The molecule has 0 atom stereocenters. The number of aromatic nitrogens is 2. The first-order chi connectivity index (χ1) is 9.22. The molecule has 0 aliphatic carbocycles. The molecule has 0 bridgehead atoms. The van der Waals surface area contributed by atoms with Crippen LogP contribution in [-0.2, 0) is 10.0 Å². The monoisotopic (exact) mass is 300 g/mol. The van der Waals surface area contributed by atoms with Crippen molar-refractivity contribution in [2.45, 2.75) is 25.7 Å². The van der Waals surface area contributed by atoms with E-state index in [-0.39, 0.29) is 33.5 Å². The minimum atomic E-state index is -3.99. The van der Waals surface area contributed by atoms with Crippen LogP contribution in [0.25, 0.3) is 0 Å². The van der Waals surface area contributed by atoms with E-state index in [4.69, 9.17) is 10.3 Å². The third-order valence-corrected chi connectivity index (χ3v) is 4.33. The van der Waals surface area contributed by atoms with Crippen LogP contribution in [0.15, 0.2) is 15.5 Å². The Bertz CT molecular complexity index is 770. The predicted molar refractivity (Wildman–Crippen MR) is 70.1 cm³/mol. The molecular formula is C11H13FN4O3S. The number of rotatable bonds is 3. The Morgan fingerprint density at radius 3 is 2.55 bits per heavy atom. The lowest BCUT2D eigenvalue weighted by molar-refractivity contribution is 0.429. The van der Waals surface area contributed by atoms with Crippen molar-refractivity contribution in [1.82, 2.24) is 10.1 Å². The quantitative estimate of drug-likeness (QED) is 0.831. The number of sulfonamides is 1. The Hall–Kier alpha value is -2.16. The van der Waals surface area contributed by atoms with Crippen LogP contribution in [0.3, 0.4) is 0 Å². The molecule has 0 saturated carbocycles. The fraction of sp³-hybridized carbons (Fsp3) is 0.273. The van der Waals surface area contributed by atoms with E-state index >= 15 is 0 Å². The van der Waals surface area contributed by atoms with Crippen LogP contribution in [0.4, 0.5) is 16.1 Å². The zero-order valence-electron chi connectivity index (χ0n) is 11.1. The van der Waals surface area contributed by atoms with E-state index in [1.165, 1.54) is 13.8 Å². The second kappa shape index (κ2) is 4.75. The lowest BCUT2D eigenvalue weighted by atomic mass is 10.1. The van der Waals surface area contributed by atoms with Gasteiger partial charge < -0.3 is 10.3 Å². The number of benzene rings is 1. The van der Waals surface area contributed by atoms with E-state index in [2.05, 4.69) is 14.9 Å². The number of nitrogens with two attached hydrogens (primary N) is 1. The van der Waals surface area contributed by atoms with Gasteiger partial charge in [-0.05, 0) is 38.0 Å². The smallest absolute Gasteiger partial charge is 0.335 e. The molecule has 0 aliphatic heterocycles. The molecule has 0 saturated heterocycles. The number of hydrogen-bond donors (Lipinski definition) is 2. The molecule has 7 nitrogen and oxygen atoms in total. The van der Waals surface area contributed by atoms with Crippen LogP contribution in [0.1, 0.15) is 17.0 Å². The van der Waals surface area contributed by atoms with Gasteiger partial charge >= 0.3 is 6.01 Å². The average Bonchev–Trinajstić information content (AvgIpc) is 2.70. The van der Waals surface area contributed by atoms with Crippen molar-refractivity contribution in [3.8, 4) is 0 Å². The van der Waals surface area contributed by atoms with Crippen molar-refractivity contribution >= 4 is 21.7 Å². The lowest BCUT2D eigenvalue weighted by Gasteiger charge is -2.13. The van der Waals surface area contributed by atoms with Crippen LogP contribution in [0.5, 0.6) is 0 Å². The molecule has 9 heteroatoms. The highest BCUT2D eigenvalue weighted by molar-refractivity contribution is 7.92. The van der Waals surface area contributed by atoms with Crippen LogP contribution in [0, 0.1) is 26.6 Å². The fourth-order valence-electron chi connectivity index (χ4n) is 1.85. The van der Waals surface area contributed by atoms with Gasteiger partial charge in [-0.3, -0.25) is 0 Å². The zero-order chi connectivity index (χ0) is 15.1. The van der Waals surface area contributed by atoms with Crippen molar-refractivity contribution in [3.63, 3.8) is 0 Å². The van der Waals surface area contributed by atoms with Gasteiger partial charge in [0.1, 0.15) is 5.82 Å². The largest absolute Gasteiger partial charge is 0.396 e. The maximum Gasteiger partial charge on any atom is 0.335 e. The molecule has 0 amide bonds. The van der Waals surface area contributed by atoms with Crippen LogP contribution >= 0.6 is 0 Å². The zero-order valence-corrected chi connectivity index (χ0v) is 11.9. The van der Waals surface area contributed by atoms with E-state index < -0.39 is 15.8 Å². The molecule has 0 spiro atoms. The number of nitrogens with zero attached hydrogens (tertiary/aromatic N) is 2. The molecule has 1 aromatic carbocycles. The van der Waals surface area contributed by atoms with Gasteiger partial charge in [0, 0.05) is 0 Å². The maximum absolute atomic E-state index is 13.5. The number of aryl methyl sites for hydroxylation is 2. The van der Waals surface area contributed by atoms with Gasteiger partial charge in [-0.25, -0.2) is 17.5 Å². The van der Waals surface area contributed by atoms with Crippen molar-refractivity contribution in [2.24, 2.45) is 0 Å². The molecule has 2 rings (SSSR count). The summed E-state index contributed by atoms with van der Waals surface area (Å²) in [4.78, 5) is 3.64. The molecule has 1 heterocycles. The van der Waals surface area contributed by atoms with Gasteiger partial charge in [0.2, 0.25) is 0 Å². The summed E-state index contributed by atoms with van der Waals surface area (Å²) in [7, 11) is -3.99. The van der Waals surface area contributed by atoms with Gasteiger partial charge in [0.05, 0.1) is 10.6 Å². The van der Waals surface area contributed by atoms with Gasteiger partial charge in [-0.2, -0.15) is 4.98 Å². The number of anilines is 2. The average molecular weight is 300 g/mol. The van der Waals surface area contributed by atoms with E-state index in [0.717, 1.165) is 6.07 Å². The van der Waals surface area contributed by atoms with Gasteiger partial charge in [0.15, 0.2) is 5.82 Å². The number of hydrogen-bond acceptors (Lipinski definition) is 6. The van der Waals surface area contributed by atoms with Gasteiger partial charge in [-0.15, -0.1) is 0 Å². The van der Waals surface area contributed by atoms with Crippen molar-refractivity contribution in [2.75, 3.05) is 10.5 Å². The topological polar surface area (TPSA) is 111 Å². The molecule has 0 aliphatic rings. The predicted octanol–water partition coefficient (Wildman–Crippen LogP) is 1.52. The van der Waals surface area contributed by atoms with Crippen LogP contribution < -0.4 is 10.5 Å². The third kappa shape index (κ3) is 2.44. The second-order valence-electron chi connectivity index (χ2n) is 4.30. The summed E-state index contributed by atoms with van der Waals surface area (Å²) in [6.07, 6.45) is 0. The summed E-state index contributed by atoms with van der Waals surface area (Å²) in [5.41, 5.74) is 5.68. The molecule has 0 unspecified atom stereocenters. The van der Waals surface area contributed by atoms with E-state index in [9.17, 15) is 12.8 Å².